The van der Waals surface area contributed by atoms with E-state index in [1.165, 1.54) is 11.1 Å². The third-order valence-electron chi connectivity index (χ3n) is 2.88. The molecule has 3 heteroatoms. The van der Waals surface area contributed by atoms with Crippen LogP contribution in [0, 0.1) is 13.8 Å². The highest BCUT2D eigenvalue weighted by Crippen LogP contribution is 2.32. The lowest BCUT2D eigenvalue weighted by atomic mass is 10.1. The average Bonchev–Trinajstić information content (AvgIpc) is 2.51. The Morgan fingerprint density at radius 1 is 1.31 bits per heavy atom. The number of ether oxygens (including phenoxy) is 1. The first kappa shape index (κ1) is 11.5. The van der Waals surface area contributed by atoms with Crippen LogP contribution >= 0.6 is 11.8 Å². The molecule has 0 aromatic heterocycles. The topological polar surface area (TPSA) is 26.3 Å². The van der Waals surface area contributed by atoms with E-state index in [2.05, 4.69) is 32.0 Å². The highest BCUT2D eigenvalue weighted by Gasteiger charge is 2.32. The molecular formula is C13H16O2S. The van der Waals surface area contributed by atoms with Gasteiger partial charge in [0.2, 0.25) is 0 Å². The van der Waals surface area contributed by atoms with Crippen LogP contribution in [0.1, 0.15) is 24.5 Å². The zero-order valence-corrected chi connectivity index (χ0v) is 10.6. The molecule has 2 atom stereocenters. The molecule has 2 unspecified atom stereocenters. The Labute approximate surface area is 100 Å². The number of carbonyl (C=O) groups excluding carboxylic acids is 1. The highest BCUT2D eigenvalue weighted by atomic mass is 32.2. The molecule has 0 amide bonds. The Bertz CT molecular complexity index is 414. The van der Waals surface area contributed by atoms with Gasteiger partial charge in [0.1, 0.15) is 11.4 Å². The van der Waals surface area contributed by atoms with Crippen molar-refractivity contribution in [1.82, 2.24) is 0 Å². The van der Waals surface area contributed by atoms with Gasteiger partial charge in [0.15, 0.2) is 0 Å². The molecule has 1 saturated heterocycles. The number of thioether (sulfide) groups is 1. The lowest BCUT2D eigenvalue weighted by Crippen LogP contribution is -2.09. The number of benzene rings is 1. The molecule has 0 bridgehead atoms. The average molecular weight is 236 g/mol. The minimum absolute atomic E-state index is 0.0305. The first-order chi connectivity index (χ1) is 7.56. The molecule has 1 aliphatic rings. The Morgan fingerprint density at radius 2 is 2.06 bits per heavy atom. The predicted octanol–water partition coefficient (Wildman–Crippen LogP) is 3.10. The molecule has 2 rings (SSSR count). The number of carbonyl (C=O) groups is 1. The van der Waals surface area contributed by atoms with Crippen LogP contribution in [0.25, 0.3) is 0 Å². The number of cyclic esters (lactones) is 1. The van der Waals surface area contributed by atoms with Crippen molar-refractivity contribution in [3.63, 3.8) is 0 Å². The molecule has 1 aliphatic heterocycles. The van der Waals surface area contributed by atoms with Gasteiger partial charge in [-0.05, 0) is 44.0 Å². The highest BCUT2D eigenvalue weighted by molar-refractivity contribution is 8.00. The maximum Gasteiger partial charge on any atom is 0.319 e. The van der Waals surface area contributed by atoms with Crippen molar-refractivity contribution in [3.8, 4) is 0 Å². The maximum absolute atomic E-state index is 11.5. The number of esters is 1. The zero-order valence-electron chi connectivity index (χ0n) is 9.82. The number of rotatable bonds is 2. The maximum atomic E-state index is 11.5. The van der Waals surface area contributed by atoms with E-state index in [1.807, 2.05) is 6.92 Å². The van der Waals surface area contributed by atoms with E-state index in [-0.39, 0.29) is 17.3 Å². The second-order valence-electron chi connectivity index (χ2n) is 4.34. The van der Waals surface area contributed by atoms with Crippen LogP contribution in [0.3, 0.4) is 0 Å². The monoisotopic (exact) mass is 236 g/mol. The molecule has 1 heterocycles. The Hall–Kier alpha value is -0.960. The quantitative estimate of drug-likeness (QED) is 0.738. The molecule has 2 nitrogen and oxygen atoms in total. The summed E-state index contributed by atoms with van der Waals surface area (Å²) in [7, 11) is 0. The number of hydrogen-bond donors (Lipinski definition) is 0. The molecule has 0 aliphatic carbocycles. The van der Waals surface area contributed by atoms with Gasteiger partial charge in [0.05, 0.1) is 0 Å². The fraction of sp³-hybridized carbons (Fsp3) is 0.462. The molecule has 1 fully saturated rings. The van der Waals surface area contributed by atoms with E-state index in [4.69, 9.17) is 4.74 Å². The molecule has 0 spiro atoms. The van der Waals surface area contributed by atoms with Crippen molar-refractivity contribution in [2.45, 2.75) is 43.4 Å². The van der Waals surface area contributed by atoms with Crippen molar-refractivity contribution in [2.75, 3.05) is 0 Å². The number of aryl methyl sites for hydroxylation is 2. The van der Waals surface area contributed by atoms with Crippen LogP contribution in [-0.4, -0.2) is 17.3 Å². The molecule has 86 valence electrons. The Balaban J connectivity index is 2.09. The molecule has 0 saturated carbocycles. The molecule has 16 heavy (non-hydrogen) atoms. The number of hydrogen-bond acceptors (Lipinski definition) is 3. The van der Waals surface area contributed by atoms with Crippen LogP contribution in [0.5, 0.6) is 0 Å². The van der Waals surface area contributed by atoms with Gasteiger partial charge in [-0.2, -0.15) is 0 Å². The van der Waals surface area contributed by atoms with Crippen LogP contribution < -0.4 is 0 Å². The first-order valence-corrected chi connectivity index (χ1v) is 6.38. The Morgan fingerprint density at radius 3 is 2.62 bits per heavy atom. The second kappa shape index (κ2) is 4.50. The summed E-state index contributed by atoms with van der Waals surface area (Å²) in [5, 5.41) is -0.0305. The summed E-state index contributed by atoms with van der Waals surface area (Å²) in [6.45, 7) is 6.13. The third kappa shape index (κ3) is 2.40. The van der Waals surface area contributed by atoms with Crippen LogP contribution in [-0.2, 0) is 9.53 Å². The summed E-state index contributed by atoms with van der Waals surface area (Å²) in [6.07, 6.45) is 0.882. The van der Waals surface area contributed by atoms with Crippen LogP contribution in [0.15, 0.2) is 23.1 Å². The van der Waals surface area contributed by atoms with Gasteiger partial charge in [0.25, 0.3) is 0 Å². The minimum Gasteiger partial charge on any atom is -0.462 e. The van der Waals surface area contributed by atoms with E-state index < -0.39 is 0 Å². The summed E-state index contributed by atoms with van der Waals surface area (Å²) >= 11 is 1.61. The van der Waals surface area contributed by atoms with Crippen molar-refractivity contribution < 1.29 is 9.53 Å². The van der Waals surface area contributed by atoms with Gasteiger partial charge in [-0.3, -0.25) is 4.79 Å². The first-order valence-electron chi connectivity index (χ1n) is 5.50. The summed E-state index contributed by atoms with van der Waals surface area (Å²) in [5.74, 6) is -0.0734. The van der Waals surface area contributed by atoms with Gasteiger partial charge in [-0.1, -0.05) is 6.07 Å². The van der Waals surface area contributed by atoms with Crippen molar-refractivity contribution in [1.29, 1.82) is 0 Å². The van der Waals surface area contributed by atoms with Gasteiger partial charge < -0.3 is 4.74 Å². The van der Waals surface area contributed by atoms with Gasteiger partial charge in [-0.25, -0.2) is 0 Å². The molecule has 1 aromatic carbocycles. The molecule has 0 N–H and O–H groups in total. The second-order valence-corrected chi connectivity index (χ2v) is 5.61. The van der Waals surface area contributed by atoms with E-state index in [0.29, 0.717) is 0 Å². The fourth-order valence-electron chi connectivity index (χ4n) is 1.77. The SMILES string of the molecule is Cc1ccc(SC2CC(C)OC2=O)cc1C. The van der Waals surface area contributed by atoms with E-state index in [9.17, 15) is 4.79 Å². The standard InChI is InChI=1S/C13H16O2S/c1-8-4-5-11(6-9(8)2)16-12-7-10(3)15-13(12)14/h4-6,10,12H,7H2,1-3H3. The van der Waals surface area contributed by atoms with Crippen LogP contribution in [0.4, 0.5) is 0 Å². The summed E-state index contributed by atoms with van der Waals surface area (Å²) in [4.78, 5) is 12.6. The fourth-order valence-corrected chi connectivity index (χ4v) is 3.01. The van der Waals surface area contributed by atoms with E-state index in [1.54, 1.807) is 11.8 Å². The molecule has 1 aromatic rings. The van der Waals surface area contributed by atoms with Crippen LogP contribution in [0.2, 0.25) is 0 Å². The normalized spacial score (nSPS) is 24.6. The van der Waals surface area contributed by atoms with Crippen molar-refractivity contribution >= 4 is 17.7 Å². The van der Waals surface area contributed by atoms with E-state index in [0.717, 1.165) is 11.3 Å². The summed E-state index contributed by atoms with van der Waals surface area (Å²) in [6, 6.07) is 6.31. The molecule has 0 radical (unpaired) electrons. The van der Waals surface area contributed by atoms with Gasteiger partial charge >= 0.3 is 5.97 Å². The van der Waals surface area contributed by atoms with E-state index >= 15 is 0 Å². The predicted molar refractivity (Wildman–Crippen MR) is 65.7 cm³/mol. The molecular weight excluding hydrogens is 220 g/mol. The minimum atomic E-state index is -0.0734. The van der Waals surface area contributed by atoms with Gasteiger partial charge in [0, 0.05) is 11.3 Å². The third-order valence-corrected chi connectivity index (χ3v) is 4.08. The van der Waals surface area contributed by atoms with Gasteiger partial charge in [-0.15, -0.1) is 11.8 Å². The lowest BCUT2D eigenvalue weighted by Gasteiger charge is -2.07. The smallest absolute Gasteiger partial charge is 0.319 e. The van der Waals surface area contributed by atoms with Crippen molar-refractivity contribution in [3.05, 3.63) is 29.3 Å². The summed E-state index contributed by atoms with van der Waals surface area (Å²) < 4.78 is 5.14. The largest absolute Gasteiger partial charge is 0.462 e. The summed E-state index contributed by atoms with van der Waals surface area (Å²) in [5.41, 5.74) is 2.55. The zero-order chi connectivity index (χ0) is 11.7. The Kier molecular flexibility index (Phi) is 3.24. The lowest BCUT2D eigenvalue weighted by molar-refractivity contribution is -0.140. The van der Waals surface area contributed by atoms with Crippen molar-refractivity contribution in [2.24, 2.45) is 0 Å².